The van der Waals surface area contributed by atoms with Gasteiger partial charge in [-0.1, -0.05) is 60.7 Å². The van der Waals surface area contributed by atoms with Gasteiger partial charge < -0.3 is 9.63 Å². The summed E-state index contributed by atoms with van der Waals surface area (Å²) in [6.45, 7) is 2.01. The zero-order valence-corrected chi connectivity index (χ0v) is 15.4. The largest absolute Gasteiger partial charge is 0.481 e. The van der Waals surface area contributed by atoms with Crippen LogP contribution in [0, 0.1) is 0 Å². The van der Waals surface area contributed by atoms with Gasteiger partial charge in [0.15, 0.2) is 0 Å². The number of aryl methyl sites for hydroxylation is 1. The van der Waals surface area contributed by atoms with E-state index in [9.17, 15) is 14.5 Å². The van der Waals surface area contributed by atoms with Crippen LogP contribution in [0.1, 0.15) is 24.5 Å². The van der Waals surface area contributed by atoms with Crippen molar-refractivity contribution in [2.24, 2.45) is 0 Å². The van der Waals surface area contributed by atoms with Crippen molar-refractivity contribution in [3.05, 3.63) is 71.8 Å². The quantitative estimate of drug-likeness (QED) is 0.628. The molecule has 0 saturated heterocycles. The minimum Gasteiger partial charge on any atom is -0.481 e. The number of hydrogen-bond acceptors (Lipinski definition) is 3. The first-order valence-corrected chi connectivity index (χ1v) is 10.5. The van der Waals surface area contributed by atoms with Crippen molar-refractivity contribution in [3.8, 4) is 0 Å². The number of rotatable bonds is 10. The summed E-state index contributed by atoms with van der Waals surface area (Å²) in [6, 6.07) is 19.2. The SMILES string of the molecule is CCOP(=O)(CCCc1ccccc1)C(Cc1ccccc1)C(=O)O. The Kier molecular flexibility index (Phi) is 7.42. The molecule has 5 heteroatoms. The van der Waals surface area contributed by atoms with E-state index in [-0.39, 0.29) is 19.2 Å². The molecule has 4 nitrogen and oxygen atoms in total. The molecule has 25 heavy (non-hydrogen) atoms. The van der Waals surface area contributed by atoms with Gasteiger partial charge in [-0.25, -0.2) is 0 Å². The van der Waals surface area contributed by atoms with E-state index in [2.05, 4.69) is 0 Å². The van der Waals surface area contributed by atoms with Crippen LogP contribution in [0.15, 0.2) is 60.7 Å². The highest BCUT2D eigenvalue weighted by Gasteiger charge is 2.39. The summed E-state index contributed by atoms with van der Waals surface area (Å²) in [5, 5.41) is 9.66. The molecule has 0 saturated carbocycles. The molecule has 2 atom stereocenters. The third-order valence-corrected chi connectivity index (χ3v) is 7.15. The Labute approximate surface area is 149 Å². The fourth-order valence-corrected chi connectivity index (χ4v) is 5.39. The molecular formula is C20H25O4P. The van der Waals surface area contributed by atoms with Crippen LogP contribution in [0.3, 0.4) is 0 Å². The first-order valence-electron chi connectivity index (χ1n) is 8.59. The minimum atomic E-state index is -3.29. The predicted octanol–water partition coefficient (Wildman–Crippen LogP) is 4.63. The molecule has 2 aromatic rings. The Morgan fingerprint density at radius 2 is 1.60 bits per heavy atom. The van der Waals surface area contributed by atoms with Crippen molar-refractivity contribution in [3.63, 3.8) is 0 Å². The average Bonchev–Trinajstić information content (AvgIpc) is 2.61. The van der Waals surface area contributed by atoms with E-state index in [1.54, 1.807) is 6.92 Å². The minimum absolute atomic E-state index is 0.221. The number of aliphatic carboxylic acids is 1. The van der Waals surface area contributed by atoms with Crippen molar-refractivity contribution in [1.29, 1.82) is 0 Å². The van der Waals surface area contributed by atoms with Crippen molar-refractivity contribution < 1.29 is 19.0 Å². The lowest BCUT2D eigenvalue weighted by atomic mass is 10.1. The second-order valence-corrected chi connectivity index (χ2v) is 8.78. The number of hydrogen-bond donors (Lipinski definition) is 1. The molecule has 2 aromatic carbocycles. The van der Waals surface area contributed by atoms with Gasteiger partial charge >= 0.3 is 5.97 Å². The third-order valence-electron chi connectivity index (χ3n) is 4.16. The highest BCUT2D eigenvalue weighted by atomic mass is 31.2. The molecule has 0 aliphatic rings. The van der Waals surface area contributed by atoms with Gasteiger partial charge in [-0.2, -0.15) is 0 Å². The summed E-state index contributed by atoms with van der Waals surface area (Å²) in [5.74, 6) is -1.06. The molecule has 134 valence electrons. The van der Waals surface area contributed by atoms with Crippen LogP contribution >= 0.6 is 7.37 Å². The maximum atomic E-state index is 13.3. The van der Waals surface area contributed by atoms with Gasteiger partial charge in [-0.3, -0.25) is 9.36 Å². The fraction of sp³-hybridized carbons (Fsp3) is 0.350. The second kappa shape index (κ2) is 9.55. The average molecular weight is 360 g/mol. The molecule has 0 bridgehead atoms. The maximum absolute atomic E-state index is 13.3. The monoisotopic (exact) mass is 360 g/mol. The summed E-state index contributed by atoms with van der Waals surface area (Å²) >= 11 is 0. The van der Waals surface area contributed by atoms with E-state index in [0.717, 1.165) is 17.5 Å². The smallest absolute Gasteiger partial charge is 0.316 e. The predicted molar refractivity (Wildman–Crippen MR) is 100 cm³/mol. The van der Waals surface area contributed by atoms with Gasteiger partial charge in [-0.15, -0.1) is 0 Å². The molecule has 0 amide bonds. The van der Waals surface area contributed by atoms with Crippen LogP contribution in [0.5, 0.6) is 0 Å². The number of carboxylic acids is 1. The van der Waals surface area contributed by atoms with E-state index in [1.807, 2.05) is 60.7 Å². The summed E-state index contributed by atoms with van der Waals surface area (Å²) in [7, 11) is -3.29. The Morgan fingerprint density at radius 3 is 2.12 bits per heavy atom. The van der Waals surface area contributed by atoms with E-state index in [4.69, 9.17) is 4.52 Å². The standard InChI is InChI=1S/C20H25O4P/c1-2-24-25(23,15-9-14-17-10-5-3-6-11-17)19(20(21)22)16-18-12-7-4-8-13-18/h3-8,10-13,19H,2,9,14-16H2,1H3,(H,21,22). The molecule has 0 fully saturated rings. The molecule has 2 unspecified atom stereocenters. The molecule has 0 heterocycles. The van der Waals surface area contributed by atoms with Gasteiger partial charge in [0.1, 0.15) is 5.66 Å². The van der Waals surface area contributed by atoms with Gasteiger partial charge in [0, 0.05) is 6.16 Å². The molecular weight excluding hydrogens is 335 g/mol. The Bertz CT molecular complexity index is 700. The zero-order chi connectivity index (χ0) is 18.1. The summed E-state index contributed by atoms with van der Waals surface area (Å²) < 4.78 is 18.9. The molecule has 0 aliphatic heterocycles. The zero-order valence-electron chi connectivity index (χ0n) is 14.5. The lowest BCUT2D eigenvalue weighted by molar-refractivity contribution is -0.136. The lowest BCUT2D eigenvalue weighted by Gasteiger charge is -2.24. The lowest BCUT2D eigenvalue weighted by Crippen LogP contribution is -2.26. The van der Waals surface area contributed by atoms with Crippen LogP contribution in [0.2, 0.25) is 0 Å². The third kappa shape index (κ3) is 5.84. The molecule has 0 aliphatic carbocycles. The number of carboxylic acid groups (broad SMARTS) is 1. The molecule has 0 aromatic heterocycles. The van der Waals surface area contributed by atoms with Crippen LogP contribution in [-0.2, 0) is 26.7 Å². The van der Waals surface area contributed by atoms with E-state index in [1.165, 1.54) is 0 Å². The molecule has 0 radical (unpaired) electrons. The Morgan fingerprint density at radius 1 is 1.04 bits per heavy atom. The maximum Gasteiger partial charge on any atom is 0.316 e. The molecule has 0 spiro atoms. The van der Waals surface area contributed by atoms with Crippen molar-refractivity contribution in [2.45, 2.75) is 31.8 Å². The van der Waals surface area contributed by atoms with Gasteiger partial charge in [0.25, 0.3) is 0 Å². The van der Waals surface area contributed by atoms with Crippen LogP contribution < -0.4 is 0 Å². The fourth-order valence-electron chi connectivity index (χ4n) is 2.91. The Hall–Kier alpha value is -1.90. The van der Waals surface area contributed by atoms with Gasteiger partial charge in [0.05, 0.1) is 6.61 Å². The highest BCUT2D eigenvalue weighted by molar-refractivity contribution is 7.60. The van der Waals surface area contributed by atoms with Crippen LogP contribution in [0.25, 0.3) is 0 Å². The summed E-state index contributed by atoms with van der Waals surface area (Å²) in [6.07, 6.45) is 1.90. The van der Waals surface area contributed by atoms with E-state index >= 15 is 0 Å². The molecule has 2 rings (SSSR count). The van der Waals surface area contributed by atoms with Gasteiger partial charge in [0.2, 0.25) is 7.37 Å². The molecule has 1 N–H and O–H groups in total. The second-order valence-electron chi connectivity index (χ2n) is 6.00. The first-order chi connectivity index (χ1) is 12.0. The Balaban J connectivity index is 2.10. The van der Waals surface area contributed by atoms with E-state index in [0.29, 0.717) is 6.42 Å². The van der Waals surface area contributed by atoms with Gasteiger partial charge in [-0.05, 0) is 37.3 Å². The van der Waals surface area contributed by atoms with Crippen LogP contribution in [0.4, 0.5) is 0 Å². The summed E-state index contributed by atoms with van der Waals surface area (Å²) in [5.41, 5.74) is 1.00. The highest BCUT2D eigenvalue weighted by Crippen LogP contribution is 2.53. The number of benzene rings is 2. The topological polar surface area (TPSA) is 63.6 Å². The van der Waals surface area contributed by atoms with Crippen molar-refractivity contribution >= 4 is 13.3 Å². The first kappa shape index (κ1) is 19.4. The van der Waals surface area contributed by atoms with E-state index < -0.39 is 19.0 Å². The normalized spacial score (nSPS) is 14.6. The van der Waals surface area contributed by atoms with Crippen LogP contribution in [-0.4, -0.2) is 29.5 Å². The summed E-state index contributed by atoms with van der Waals surface area (Å²) in [4.78, 5) is 11.8. The van der Waals surface area contributed by atoms with Crippen molar-refractivity contribution in [2.75, 3.05) is 12.8 Å². The number of carbonyl (C=O) groups is 1. The van der Waals surface area contributed by atoms with Crippen molar-refractivity contribution in [1.82, 2.24) is 0 Å².